The molecule has 3 rings (SSSR count). The van der Waals surface area contributed by atoms with Crippen LogP contribution in [0.5, 0.6) is 28.7 Å². The van der Waals surface area contributed by atoms with Crippen LogP contribution in [0, 0.1) is 0 Å². The van der Waals surface area contributed by atoms with Crippen molar-refractivity contribution in [1.82, 2.24) is 10.7 Å². The minimum atomic E-state index is -0.552. The molecule has 0 aromatic heterocycles. The predicted octanol–water partition coefficient (Wildman–Crippen LogP) is 2.82. The standard InChI is InChI=1S/C27H27N3O8/c1-34-20-10-8-18(9-11-20)27(33)38-21-7-5-6-17(12-21)15-29-30-24(31)16-28-26(32)19-13-22(35-2)25(37-4)23(14-19)36-3/h5-15H,16H2,1-4H3,(H,28,32)(H,30,31)/b29-15-. The third-order valence-electron chi connectivity index (χ3n) is 5.13. The highest BCUT2D eigenvalue weighted by molar-refractivity contribution is 5.97. The van der Waals surface area contributed by atoms with Crippen molar-refractivity contribution in [2.24, 2.45) is 5.10 Å². The molecular formula is C27H27N3O8. The lowest BCUT2D eigenvalue weighted by Crippen LogP contribution is -2.34. The topological polar surface area (TPSA) is 134 Å². The van der Waals surface area contributed by atoms with Crippen LogP contribution in [0.2, 0.25) is 0 Å². The molecule has 3 aromatic carbocycles. The zero-order chi connectivity index (χ0) is 27.5. The third kappa shape index (κ3) is 7.23. The number of ether oxygens (including phenoxy) is 5. The molecule has 0 aliphatic carbocycles. The Kier molecular flexibility index (Phi) is 9.64. The second-order valence-electron chi connectivity index (χ2n) is 7.58. The highest BCUT2D eigenvalue weighted by Crippen LogP contribution is 2.38. The second-order valence-corrected chi connectivity index (χ2v) is 7.58. The maximum absolute atomic E-state index is 12.5. The van der Waals surface area contributed by atoms with Gasteiger partial charge in [-0.1, -0.05) is 12.1 Å². The summed E-state index contributed by atoms with van der Waals surface area (Å²) in [6.45, 7) is -0.327. The number of amides is 2. The van der Waals surface area contributed by atoms with E-state index in [-0.39, 0.29) is 12.1 Å². The molecule has 11 nitrogen and oxygen atoms in total. The number of rotatable bonds is 11. The van der Waals surface area contributed by atoms with Crippen molar-refractivity contribution in [3.63, 3.8) is 0 Å². The lowest BCUT2D eigenvalue weighted by atomic mass is 10.1. The van der Waals surface area contributed by atoms with E-state index in [1.165, 1.54) is 46.8 Å². The van der Waals surface area contributed by atoms with Gasteiger partial charge in [0.15, 0.2) is 11.5 Å². The highest BCUT2D eigenvalue weighted by atomic mass is 16.5. The van der Waals surface area contributed by atoms with Gasteiger partial charge in [0, 0.05) is 5.56 Å². The molecule has 0 saturated carbocycles. The van der Waals surface area contributed by atoms with E-state index >= 15 is 0 Å². The fraction of sp³-hybridized carbons (Fsp3) is 0.185. The number of esters is 1. The summed E-state index contributed by atoms with van der Waals surface area (Å²) in [6, 6.07) is 16.1. The van der Waals surface area contributed by atoms with Crippen LogP contribution in [0.15, 0.2) is 65.8 Å². The van der Waals surface area contributed by atoms with Gasteiger partial charge in [-0.2, -0.15) is 5.10 Å². The maximum Gasteiger partial charge on any atom is 0.343 e. The molecule has 0 bridgehead atoms. The Morgan fingerprint density at radius 1 is 0.789 bits per heavy atom. The van der Waals surface area contributed by atoms with Gasteiger partial charge in [-0.15, -0.1) is 0 Å². The summed E-state index contributed by atoms with van der Waals surface area (Å²) >= 11 is 0. The van der Waals surface area contributed by atoms with Crippen molar-refractivity contribution in [2.75, 3.05) is 35.0 Å². The van der Waals surface area contributed by atoms with Crippen molar-refractivity contribution in [2.45, 2.75) is 0 Å². The van der Waals surface area contributed by atoms with E-state index in [1.54, 1.807) is 48.5 Å². The van der Waals surface area contributed by atoms with Crippen LogP contribution in [0.3, 0.4) is 0 Å². The van der Waals surface area contributed by atoms with Crippen molar-refractivity contribution in [1.29, 1.82) is 0 Å². The molecule has 0 spiro atoms. The molecule has 2 N–H and O–H groups in total. The Balaban J connectivity index is 1.53. The maximum atomic E-state index is 12.5. The van der Waals surface area contributed by atoms with E-state index < -0.39 is 17.8 Å². The van der Waals surface area contributed by atoms with Crippen LogP contribution in [0.1, 0.15) is 26.3 Å². The second kappa shape index (κ2) is 13.3. The highest BCUT2D eigenvalue weighted by Gasteiger charge is 2.17. The first-order valence-electron chi connectivity index (χ1n) is 11.2. The molecule has 0 unspecified atom stereocenters. The van der Waals surface area contributed by atoms with Gasteiger partial charge in [0.25, 0.3) is 11.8 Å². The van der Waals surface area contributed by atoms with Gasteiger partial charge in [-0.25, -0.2) is 10.2 Å². The average Bonchev–Trinajstić information content (AvgIpc) is 2.95. The van der Waals surface area contributed by atoms with Crippen molar-refractivity contribution < 1.29 is 38.1 Å². The first-order chi connectivity index (χ1) is 18.4. The number of hydrogen-bond acceptors (Lipinski definition) is 9. The number of methoxy groups -OCH3 is 4. The zero-order valence-electron chi connectivity index (χ0n) is 21.3. The van der Waals surface area contributed by atoms with Crippen LogP contribution in [0.4, 0.5) is 0 Å². The molecule has 0 fully saturated rings. The lowest BCUT2D eigenvalue weighted by Gasteiger charge is -2.14. The number of benzene rings is 3. The molecule has 38 heavy (non-hydrogen) atoms. The molecule has 0 radical (unpaired) electrons. The summed E-state index contributed by atoms with van der Waals surface area (Å²) in [5.41, 5.74) is 3.49. The molecule has 198 valence electrons. The van der Waals surface area contributed by atoms with Gasteiger partial charge < -0.3 is 29.0 Å². The van der Waals surface area contributed by atoms with Gasteiger partial charge in [-0.05, 0) is 54.1 Å². The lowest BCUT2D eigenvalue weighted by molar-refractivity contribution is -0.120. The number of carbonyl (C=O) groups excluding carboxylic acids is 3. The van der Waals surface area contributed by atoms with Crippen LogP contribution >= 0.6 is 0 Å². The molecule has 2 amide bonds. The summed E-state index contributed by atoms with van der Waals surface area (Å²) in [4.78, 5) is 37.0. The molecular weight excluding hydrogens is 494 g/mol. The van der Waals surface area contributed by atoms with Crippen LogP contribution in [-0.2, 0) is 4.79 Å². The summed E-state index contributed by atoms with van der Waals surface area (Å²) in [5, 5.41) is 6.38. The van der Waals surface area contributed by atoms with E-state index in [2.05, 4.69) is 15.8 Å². The number of carbonyl (C=O) groups is 3. The number of hydrogen-bond donors (Lipinski definition) is 2. The molecule has 11 heteroatoms. The van der Waals surface area contributed by atoms with E-state index in [0.29, 0.717) is 39.9 Å². The van der Waals surface area contributed by atoms with E-state index in [4.69, 9.17) is 23.7 Å². The molecule has 0 heterocycles. The van der Waals surface area contributed by atoms with E-state index in [0.717, 1.165) is 0 Å². The molecule has 3 aromatic rings. The van der Waals surface area contributed by atoms with Gasteiger partial charge >= 0.3 is 5.97 Å². The summed E-state index contributed by atoms with van der Waals surface area (Å²) in [5.74, 6) is 0.294. The zero-order valence-corrected chi connectivity index (χ0v) is 21.3. The van der Waals surface area contributed by atoms with Crippen LogP contribution in [-0.4, -0.2) is 59.0 Å². The summed E-state index contributed by atoms with van der Waals surface area (Å²) in [7, 11) is 5.86. The Morgan fingerprint density at radius 3 is 2.08 bits per heavy atom. The molecule has 0 aliphatic heterocycles. The number of nitrogens with one attached hydrogen (secondary N) is 2. The monoisotopic (exact) mass is 521 g/mol. The smallest absolute Gasteiger partial charge is 0.343 e. The Labute approximate surface area is 219 Å². The van der Waals surface area contributed by atoms with E-state index in [9.17, 15) is 14.4 Å². The van der Waals surface area contributed by atoms with Gasteiger partial charge in [-0.3, -0.25) is 9.59 Å². The summed E-state index contributed by atoms with van der Waals surface area (Å²) < 4.78 is 26.2. The molecule has 0 atom stereocenters. The van der Waals surface area contributed by atoms with Gasteiger partial charge in [0.2, 0.25) is 5.75 Å². The van der Waals surface area contributed by atoms with Crippen LogP contribution < -0.4 is 34.4 Å². The fourth-order valence-electron chi connectivity index (χ4n) is 3.24. The van der Waals surface area contributed by atoms with Gasteiger partial charge in [0.05, 0.1) is 46.8 Å². The minimum absolute atomic E-state index is 0.219. The van der Waals surface area contributed by atoms with Crippen LogP contribution in [0.25, 0.3) is 0 Å². The number of nitrogens with zero attached hydrogens (tertiary/aromatic N) is 1. The van der Waals surface area contributed by atoms with Crippen molar-refractivity contribution >= 4 is 24.0 Å². The molecule has 0 aliphatic rings. The van der Waals surface area contributed by atoms with Crippen molar-refractivity contribution in [3.05, 3.63) is 77.4 Å². The SMILES string of the molecule is COc1ccc(C(=O)Oc2cccc(/C=N\NC(=O)CNC(=O)c3cc(OC)c(OC)c(OC)c3)c2)cc1. The van der Waals surface area contributed by atoms with E-state index in [1.807, 2.05) is 0 Å². The predicted molar refractivity (Wildman–Crippen MR) is 139 cm³/mol. The van der Waals surface area contributed by atoms with Gasteiger partial charge in [0.1, 0.15) is 11.5 Å². The minimum Gasteiger partial charge on any atom is -0.497 e. The Bertz CT molecular complexity index is 1300. The first-order valence-corrected chi connectivity index (χ1v) is 11.2. The molecule has 0 saturated heterocycles. The quantitative estimate of drug-likeness (QED) is 0.170. The Morgan fingerprint density at radius 2 is 1.47 bits per heavy atom. The Hall–Kier alpha value is -5.06. The third-order valence-corrected chi connectivity index (χ3v) is 5.13. The number of hydrazone groups is 1. The largest absolute Gasteiger partial charge is 0.497 e. The average molecular weight is 522 g/mol. The van der Waals surface area contributed by atoms with Crippen molar-refractivity contribution in [3.8, 4) is 28.7 Å². The normalized spacial score (nSPS) is 10.4. The summed E-state index contributed by atoms with van der Waals surface area (Å²) in [6.07, 6.45) is 1.38. The fourth-order valence-corrected chi connectivity index (χ4v) is 3.24. The first kappa shape index (κ1) is 27.5.